The van der Waals surface area contributed by atoms with Gasteiger partial charge in [0, 0.05) is 6.42 Å². The van der Waals surface area contributed by atoms with Crippen LogP contribution < -0.4 is 5.32 Å². The number of hydrogen-bond donors (Lipinski definition) is 3. The zero-order chi connectivity index (χ0) is 43.8. The molecule has 0 radical (unpaired) electrons. The quantitative estimate of drug-likeness (QED) is 0.0246. The second kappa shape index (κ2) is 47.1. The fourth-order valence-electron chi connectivity index (χ4n) is 7.10. The number of carbonyl (C=O) groups is 2. The Morgan fingerprint density at radius 3 is 1.58 bits per heavy atom. The minimum Gasteiger partial charge on any atom is -0.462 e. The van der Waals surface area contributed by atoms with Crippen LogP contribution in [0.4, 0.5) is 0 Å². The zero-order valence-corrected chi connectivity index (χ0v) is 39.1. The lowest BCUT2D eigenvalue weighted by Gasteiger charge is -2.24. The average molecular weight is 836 g/mol. The highest BCUT2D eigenvalue weighted by Gasteiger charge is 2.24. The van der Waals surface area contributed by atoms with Gasteiger partial charge in [-0.3, -0.25) is 9.59 Å². The van der Waals surface area contributed by atoms with Gasteiger partial charge in [-0.2, -0.15) is 0 Å². The number of allylic oxidation sites excluding steroid dienone is 14. The fraction of sp³-hybridized carbons (Fsp3) is 0.704. The number of aliphatic hydroxyl groups is 2. The number of rotatable bonds is 43. The average Bonchev–Trinajstić information content (AvgIpc) is 3.24. The van der Waals surface area contributed by atoms with Gasteiger partial charge in [-0.25, -0.2) is 0 Å². The van der Waals surface area contributed by atoms with Gasteiger partial charge in [-0.15, -0.1) is 0 Å². The number of hydrogen-bond acceptors (Lipinski definition) is 5. The molecule has 0 aromatic carbocycles. The van der Waals surface area contributed by atoms with Gasteiger partial charge in [-0.05, 0) is 77.0 Å². The van der Waals surface area contributed by atoms with Gasteiger partial charge in [0.25, 0.3) is 0 Å². The second-order valence-electron chi connectivity index (χ2n) is 16.5. The standard InChI is InChI=1S/C54H93NO5/c1-4-7-10-13-16-19-22-25-28-31-34-37-40-43-46-52(57)51(49-56)55-53(58)48-50(45-42-39-36-33-30-27-24-21-18-15-12-9-6-3)60-54(59)47-44-41-38-35-32-29-26-23-20-17-14-11-8-5-2/h8-9,11-12,15,17-18,20-21,24,26-27,29-30,50-52,56-57H,4-7,10,13-14,16,19,22-23,25,28,31-49H2,1-3H3,(H,55,58)/b11-8+,12-9+,18-15+,20-17+,24-21+,29-26+,30-27-. The summed E-state index contributed by atoms with van der Waals surface area (Å²) >= 11 is 0. The molecule has 0 aliphatic carbocycles. The summed E-state index contributed by atoms with van der Waals surface area (Å²) in [4.78, 5) is 26.1. The third-order valence-electron chi connectivity index (χ3n) is 10.8. The van der Waals surface area contributed by atoms with Crippen LogP contribution in [0.2, 0.25) is 0 Å². The Morgan fingerprint density at radius 2 is 0.983 bits per heavy atom. The van der Waals surface area contributed by atoms with Crippen LogP contribution in [-0.2, 0) is 14.3 Å². The van der Waals surface area contributed by atoms with Crippen molar-refractivity contribution in [1.82, 2.24) is 5.32 Å². The van der Waals surface area contributed by atoms with Crippen LogP contribution >= 0.6 is 0 Å². The molecule has 3 atom stereocenters. The molecule has 1 amide bonds. The number of carbonyl (C=O) groups excluding carboxylic acids is 2. The van der Waals surface area contributed by atoms with E-state index in [9.17, 15) is 19.8 Å². The number of aliphatic hydroxyl groups excluding tert-OH is 2. The zero-order valence-electron chi connectivity index (χ0n) is 39.1. The van der Waals surface area contributed by atoms with Crippen molar-refractivity contribution in [2.75, 3.05) is 6.61 Å². The van der Waals surface area contributed by atoms with Crippen molar-refractivity contribution in [2.45, 2.75) is 238 Å². The predicted octanol–water partition coefficient (Wildman–Crippen LogP) is 14.8. The third kappa shape index (κ3) is 41.8. The molecule has 0 spiro atoms. The molecule has 0 fully saturated rings. The molecule has 0 aliphatic heterocycles. The van der Waals surface area contributed by atoms with E-state index < -0.39 is 18.2 Å². The molecular weight excluding hydrogens is 743 g/mol. The van der Waals surface area contributed by atoms with Crippen molar-refractivity contribution in [1.29, 1.82) is 0 Å². The maximum atomic E-state index is 13.2. The SMILES string of the molecule is CC/C=C/C=C/C=C/C=C\CCCCCC(CC(=O)NC(CO)C(O)CCCCCCCCCCCCCCCC)OC(=O)CCCCCC/C=C/C/C=C/C/C=C/CC. The van der Waals surface area contributed by atoms with Crippen LogP contribution in [0.1, 0.15) is 220 Å². The Labute approximate surface area is 370 Å². The van der Waals surface area contributed by atoms with E-state index in [2.05, 4.69) is 80.8 Å². The number of esters is 1. The molecule has 0 heterocycles. The molecule has 0 aliphatic rings. The van der Waals surface area contributed by atoms with Crippen LogP contribution in [0.25, 0.3) is 0 Å². The molecule has 6 heteroatoms. The van der Waals surface area contributed by atoms with E-state index in [1.54, 1.807) is 0 Å². The van der Waals surface area contributed by atoms with E-state index in [1.807, 2.05) is 30.4 Å². The monoisotopic (exact) mass is 836 g/mol. The van der Waals surface area contributed by atoms with E-state index in [1.165, 1.54) is 70.6 Å². The summed E-state index contributed by atoms with van der Waals surface area (Å²) in [6.07, 6.45) is 60.7. The molecule has 6 nitrogen and oxygen atoms in total. The van der Waals surface area contributed by atoms with Crippen LogP contribution in [0.15, 0.2) is 85.1 Å². The molecule has 344 valence electrons. The largest absolute Gasteiger partial charge is 0.462 e. The molecule has 0 aromatic rings. The maximum absolute atomic E-state index is 13.2. The normalized spacial score (nSPS) is 14.0. The molecule has 60 heavy (non-hydrogen) atoms. The molecule has 3 N–H and O–H groups in total. The van der Waals surface area contributed by atoms with Gasteiger partial charge in [0.15, 0.2) is 0 Å². The molecular formula is C54H93NO5. The first-order valence-electron chi connectivity index (χ1n) is 24.9. The Hall–Kier alpha value is -2.96. The Morgan fingerprint density at radius 1 is 0.517 bits per heavy atom. The molecule has 0 saturated heterocycles. The van der Waals surface area contributed by atoms with Crippen LogP contribution in [0.3, 0.4) is 0 Å². The topological polar surface area (TPSA) is 95.9 Å². The van der Waals surface area contributed by atoms with E-state index in [-0.39, 0.29) is 24.9 Å². The molecule has 0 bridgehead atoms. The second-order valence-corrected chi connectivity index (χ2v) is 16.5. The molecule has 0 saturated carbocycles. The summed E-state index contributed by atoms with van der Waals surface area (Å²) < 4.78 is 5.89. The van der Waals surface area contributed by atoms with Gasteiger partial charge >= 0.3 is 5.97 Å². The lowest BCUT2D eigenvalue weighted by molar-refractivity contribution is -0.151. The van der Waals surface area contributed by atoms with E-state index in [0.29, 0.717) is 19.3 Å². The number of ether oxygens (including phenoxy) is 1. The Kier molecular flexibility index (Phi) is 44.8. The highest BCUT2D eigenvalue weighted by molar-refractivity contribution is 5.77. The lowest BCUT2D eigenvalue weighted by Crippen LogP contribution is -2.46. The van der Waals surface area contributed by atoms with Crippen LogP contribution in [0, 0.1) is 0 Å². The summed E-state index contributed by atoms with van der Waals surface area (Å²) in [5.41, 5.74) is 0. The van der Waals surface area contributed by atoms with Gasteiger partial charge in [0.2, 0.25) is 5.91 Å². The molecule has 3 unspecified atom stereocenters. The summed E-state index contributed by atoms with van der Waals surface area (Å²) in [5.74, 6) is -0.545. The summed E-state index contributed by atoms with van der Waals surface area (Å²) in [5, 5.41) is 23.7. The lowest BCUT2D eigenvalue weighted by atomic mass is 10.0. The number of amides is 1. The van der Waals surface area contributed by atoms with Gasteiger partial charge in [0.05, 0.1) is 25.2 Å². The molecule has 0 aromatic heterocycles. The Bertz CT molecular complexity index is 1160. The van der Waals surface area contributed by atoms with E-state index in [4.69, 9.17) is 4.74 Å². The van der Waals surface area contributed by atoms with Crippen molar-refractivity contribution in [3.8, 4) is 0 Å². The smallest absolute Gasteiger partial charge is 0.306 e. The Balaban J connectivity index is 4.67. The summed E-state index contributed by atoms with van der Waals surface area (Å²) in [6.45, 7) is 6.21. The van der Waals surface area contributed by atoms with Crippen molar-refractivity contribution >= 4 is 11.9 Å². The van der Waals surface area contributed by atoms with E-state index in [0.717, 1.165) is 103 Å². The highest BCUT2D eigenvalue weighted by Crippen LogP contribution is 2.17. The first-order chi connectivity index (χ1) is 29.5. The van der Waals surface area contributed by atoms with Gasteiger partial charge in [-0.1, -0.05) is 215 Å². The highest BCUT2D eigenvalue weighted by atomic mass is 16.5. The van der Waals surface area contributed by atoms with Crippen molar-refractivity contribution in [3.63, 3.8) is 0 Å². The first-order valence-corrected chi connectivity index (χ1v) is 24.9. The van der Waals surface area contributed by atoms with Crippen molar-refractivity contribution in [2.24, 2.45) is 0 Å². The summed E-state index contributed by atoms with van der Waals surface area (Å²) in [6, 6.07) is -0.723. The van der Waals surface area contributed by atoms with E-state index >= 15 is 0 Å². The van der Waals surface area contributed by atoms with Crippen molar-refractivity contribution in [3.05, 3.63) is 85.1 Å². The number of unbranched alkanes of at least 4 members (excludes halogenated alkanes) is 20. The predicted molar refractivity (Wildman–Crippen MR) is 259 cm³/mol. The third-order valence-corrected chi connectivity index (χ3v) is 10.8. The van der Waals surface area contributed by atoms with Crippen LogP contribution in [0.5, 0.6) is 0 Å². The summed E-state index contributed by atoms with van der Waals surface area (Å²) in [7, 11) is 0. The van der Waals surface area contributed by atoms with Crippen LogP contribution in [-0.4, -0.2) is 46.9 Å². The van der Waals surface area contributed by atoms with Gasteiger partial charge < -0.3 is 20.3 Å². The van der Waals surface area contributed by atoms with Crippen molar-refractivity contribution < 1.29 is 24.5 Å². The molecule has 0 rings (SSSR count). The number of nitrogens with one attached hydrogen (secondary N) is 1. The minimum atomic E-state index is -0.806. The first kappa shape index (κ1) is 57.0. The minimum absolute atomic E-state index is 0.0381. The van der Waals surface area contributed by atoms with Gasteiger partial charge in [0.1, 0.15) is 6.10 Å². The maximum Gasteiger partial charge on any atom is 0.306 e. The fourth-order valence-corrected chi connectivity index (χ4v) is 7.10.